The van der Waals surface area contributed by atoms with Gasteiger partial charge in [-0.05, 0) is 24.1 Å². The molecule has 0 aliphatic heterocycles. The number of aryl methyl sites for hydroxylation is 1. The second kappa shape index (κ2) is 7.17. The van der Waals surface area contributed by atoms with E-state index in [-0.39, 0.29) is 5.92 Å². The van der Waals surface area contributed by atoms with Crippen molar-refractivity contribution in [3.8, 4) is 0 Å². The van der Waals surface area contributed by atoms with E-state index >= 15 is 0 Å². The van der Waals surface area contributed by atoms with Crippen molar-refractivity contribution in [2.45, 2.75) is 32.4 Å². The fourth-order valence-corrected chi connectivity index (χ4v) is 2.21. The molecule has 0 aliphatic carbocycles. The summed E-state index contributed by atoms with van der Waals surface area (Å²) in [5, 5.41) is 13.5. The molecule has 2 atom stereocenters. The quantitative estimate of drug-likeness (QED) is 0.848. The lowest BCUT2D eigenvalue weighted by atomic mass is 9.95. The van der Waals surface area contributed by atoms with Crippen molar-refractivity contribution in [1.82, 2.24) is 10.3 Å². The van der Waals surface area contributed by atoms with Gasteiger partial charge in [-0.3, -0.25) is 4.98 Å². The molecule has 0 fully saturated rings. The van der Waals surface area contributed by atoms with Crippen LogP contribution < -0.4 is 5.32 Å². The first-order chi connectivity index (χ1) is 9.68. The Balaban J connectivity index is 1.84. The number of aliphatic hydroxyl groups is 1. The van der Waals surface area contributed by atoms with Gasteiger partial charge in [-0.1, -0.05) is 43.3 Å². The van der Waals surface area contributed by atoms with Crippen molar-refractivity contribution in [3.05, 3.63) is 65.5 Å². The van der Waals surface area contributed by atoms with E-state index in [1.165, 1.54) is 11.1 Å². The Bertz CT molecular complexity index is 528. The molecule has 0 spiro atoms. The van der Waals surface area contributed by atoms with Crippen molar-refractivity contribution in [2.75, 3.05) is 6.54 Å². The van der Waals surface area contributed by atoms with Gasteiger partial charge in [0.05, 0.1) is 6.10 Å². The zero-order valence-electron chi connectivity index (χ0n) is 12.1. The summed E-state index contributed by atoms with van der Waals surface area (Å²) < 4.78 is 0. The fourth-order valence-electron chi connectivity index (χ4n) is 2.21. The van der Waals surface area contributed by atoms with E-state index in [2.05, 4.69) is 35.4 Å². The molecule has 0 amide bonds. The highest BCUT2D eigenvalue weighted by Crippen LogP contribution is 2.18. The number of rotatable bonds is 6. The number of pyridine rings is 1. The molecular formula is C17H22N2O. The van der Waals surface area contributed by atoms with Crippen LogP contribution in [0.4, 0.5) is 0 Å². The predicted octanol–water partition coefficient (Wildman–Crippen LogP) is 2.64. The average molecular weight is 270 g/mol. The molecule has 0 aliphatic rings. The number of hydrogen-bond donors (Lipinski definition) is 2. The third-order valence-electron chi connectivity index (χ3n) is 3.69. The molecule has 2 unspecified atom stereocenters. The summed E-state index contributed by atoms with van der Waals surface area (Å²) in [6, 6.07) is 14.1. The Hall–Kier alpha value is -1.71. The third-order valence-corrected chi connectivity index (χ3v) is 3.69. The van der Waals surface area contributed by atoms with Crippen molar-refractivity contribution >= 4 is 0 Å². The molecule has 0 radical (unpaired) electrons. The molecule has 1 aromatic heterocycles. The van der Waals surface area contributed by atoms with Gasteiger partial charge in [-0.25, -0.2) is 0 Å². The van der Waals surface area contributed by atoms with Crippen LogP contribution in [0.3, 0.4) is 0 Å². The zero-order valence-corrected chi connectivity index (χ0v) is 12.1. The van der Waals surface area contributed by atoms with Crippen molar-refractivity contribution in [1.29, 1.82) is 0 Å². The van der Waals surface area contributed by atoms with E-state index in [9.17, 15) is 5.11 Å². The first kappa shape index (κ1) is 14.7. The van der Waals surface area contributed by atoms with Crippen molar-refractivity contribution in [3.63, 3.8) is 0 Å². The summed E-state index contributed by atoms with van der Waals surface area (Å²) >= 11 is 0. The molecule has 1 heterocycles. The number of benzene rings is 1. The molecule has 3 heteroatoms. The second-order valence-corrected chi connectivity index (χ2v) is 5.15. The maximum absolute atomic E-state index is 10.2. The molecule has 0 bridgehead atoms. The van der Waals surface area contributed by atoms with E-state index in [4.69, 9.17) is 0 Å². The summed E-state index contributed by atoms with van der Waals surface area (Å²) in [7, 11) is 0. The minimum atomic E-state index is -0.394. The van der Waals surface area contributed by atoms with E-state index in [1.54, 1.807) is 6.20 Å². The molecule has 2 N–H and O–H groups in total. The summed E-state index contributed by atoms with van der Waals surface area (Å²) in [5.74, 6) is 0.124. The Labute approximate surface area is 120 Å². The lowest BCUT2D eigenvalue weighted by Gasteiger charge is -2.20. The molecule has 2 rings (SSSR count). The topological polar surface area (TPSA) is 45.2 Å². The molecule has 106 valence electrons. The molecular weight excluding hydrogens is 248 g/mol. The van der Waals surface area contributed by atoms with Gasteiger partial charge in [0.25, 0.3) is 0 Å². The van der Waals surface area contributed by atoms with Crippen molar-refractivity contribution in [2.24, 2.45) is 0 Å². The van der Waals surface area contributed by atoms with Crippen LogP contribution in [-0.2, 0) is 6.54 Å². The lowest BCUT2D eigenvalue weighted by Crippen LogP contribution is -2.30. The smallest absolute Gasteiger partial charge is 0.0730 e. The molecule has 0 saturated carbocycles. The highest BCUT2D eigenvalue weighted by atomic mass is 16.3. The maximum Gasteiger partial charge on any atom is 0.0730 e. The summed E-state index contributed by atoms with van der Waals surface area (Å²) in [5.41, 5.74) is 3.37. The van der Waals surface area contributed by atoms with Gasteiger partial charge in [-0.2, -0.15) is 0 Å². The van der Waals surface area contributed by atoms with Crippen LogP contribution in [0.1, 0.15) is 29.7 Å². The lowest BCUT2D eigenvalue weighted by molar-refractivity contribution is 0.146. The monoisotopic (exact) mass is 270 g/mol. The molecule has 0 saturated heterocycles. The first-order valence-corrected chi connectivity index (χ1v) is 7.02. The normalized spacial score (nSPS) is 13.9. The zero-order chi connectivity index (χ0) is 14.4. The SMILES string of the molecule is Cc1ncccc1CNCC(O)C(C)c1ccccc1. The Morgan fingerprint density at radius 3 is 2.60 bits per heavy atom. The van der Waals surface area contributed by atoms with Crippen LogP contribution >= 0.6 is 0 Å². The summed E-state index contributed by atoms with van der Waals surface area (Å²) in [6.45, 7) is 5.36. The van der Waals surface area contributed by atoms with Gasteiger partial charge in [0, 0.05) is 30.9 Å². The van der Waals surface area contributed by atoms with E-state index in [0.29, 0.717) is 6.54 Å². The van der Waals surface area contributed by atoms with Crippen LogP contribution in [0.2, 0.25) is 0 Å². The number of aliphatic hydroxyl groups excluding tert-OH is 1. The number of aromatic nitrogens is 1. The van der Waals surface area contributed by atoms with Gasteiger partial charge in [0.2, 0.25) is 0 Å². The van der Waals surface area contributed by atoms with Crippen molar-refractivity contribution < 1.29 is 5.11 Å². The van der Waals surface area contributed by atoms with Gasteiger partial charge in [-0.15, -0.1) is 0 Å². The van der Waals surface area contributed by atoms with E-state index in [0.717, 1.165) is 12.2 Å². The van der Waals surface area contributed by atoms with Gasteiger partial charge >= 0.3 is 0 Å². The average Bonchev–Trinajstić information content (AvgIpc) is 2.49. The van der Waals surface area contributed by atoms with Gasteiger partial charge in [0.15, 0.2) is 0 Å². The number of nitrogens with zero attached hydrogens (tertiary/aromatic N) is 1. The molecule has 1 aromatic carbocycles. The van der Waals surface area contributed by atoms with Gasteiger partial charge in [0.1, 0.15) is 0 Å². The van der Waals surface area contributed by atoms with Crippen LogP contribution in [0.15, 0.2) is 48.7 Å². The summed E-state index contributed by atoms with van der Waals surface area (Å²) in [4.78, 5) is 4.26. The molecule has 20 heavy (non-hydrogen) atoms. The minimum Gasteiger partial charge on any atom is -0.391 e. The van der Waals surface area contributed by atoms with Crippen LogP contribution in [0.5, 0.6) is 0 Å². The van der Waals surface area contributed by atoms with Crippen LogP contribution in [0, 0.1) is 6.92 Å². The first-order valence-electron chi connectivity index (χ1n) is 7.02. The van der Waals surface area contributed by atoms with E-state index < -0.39 is 6.10 Å². The van der Waals surface area contributed by atoms with Gasteiger partial charge < -0.3 is 10.4 Å². The Kier molecular flexibility index (Phi) is 5.27. The number of nitrogens with one attached hydrogen (secondary N) is 1. The van der Waals surface area contributed by atoms with Crippen LogP contribution in [-0.4, -0.2) is 22.7 Å². The predicted molar refractivity (Wildman–Crippen MR) is 81.5 cm³/mol. The molecule has 3 nitrogen and oxygen atoms in total. The third kappa shape index (κ3) is 3.89. The van der Waals surface area contributed by atoms with E-state index in [1.807, 2.05) is 31.2 Å². The van der Waals surface area contributed by atoms with Crippen LogP contribution in [0.25, 0.3) is 0 Å². The summed E-state index contributed by atoms with van der Waals surface area (Å²) in [6.07, 6.45) is 1.40. The number of hydrogen-bond acceptors (Lipinski definition) is 3. The largest absolute Gasteiger partial charge is 0.391 e. The Morgan fingerprint density at radius 1 is 1.15 bits per heavy atom. The standard InChI is InChI=1S/C17H22N2O/c1-13(15-7-4-3-5-8-15)17(20)12-18-11-16-9-6-10-19-14(16)2/h3-10,13,17-18,20H,11-12H2,1-2H3. The highest BCUT2D eigenvalue weighted by molar-refractivity contribution is 5.20. The Morgan fingerprint density at radius 2 is 1.90 bits per heavy atom. The second-order valence-electron chi connectivity index (χ2n) is 5.15. The fraction of sp³-hybridized carbons (Fsp3) is 0.353. The maximum atomic E-state index is 10.2. The molecule has 2 aromatic rings. The highest BCUT2D eigenvalue weighted by Gasteiger charge is 2.15. The minimum absolute atomic E-state index is 0.124.